The van der Waals surface area contributed by atoms with E-state index in [-0.39, 0.29) is 6.04 Å². The van der Waals surface area contributed by atoms with Gasteiger partial charge < -0.3 is 10.5 Å². The van der Waals surface area contributed by atoms with Crippen LogP contribution in [0.3, 0.4) is 0 Å². The quantitative estimate of drug-likeness (QED) is 0.887. The van der Waals surface area contributed by atoms with Crippen molar-refractivity contribution >= 4 is 27.3 Å². The predicted octanol–water partition coefficient (Wildman–Crippen LogP) is 4.35. The molecule has 18 heavy (non-hydrogen) atoms. The van der Waals surface area contributed by atoms with Crippen LogP contribution in [0.15, 0.2) is 39.5 Å². The van der Waals surface area contributed by atoms with Crippen molar-refractivity contribution in [1.29, 1.82) is 0 Å². The fourth-order valence-electron chi connectivity index (χ4n) is 1.68. The molecule has 0 bridgehead atoms. The van der Waals surface area contributed by atoms with Gasteiger partial charge in [-0.25, -0.2) is 0 Å². The molecule has 0 aliphatic heterocycles. The summed E-state index contributed by atoms with van der Waals surface area (Å²) in [4.78, 5) is 0. The second-order valence-electron chi connectivity index (χ2n) is 4.07. The number of hydrogen-bond acceptors (Lipinski definition) is 3. The van der Waals surface area contributed by atoms with Gasteiger partial charge in [0.05, 0.1) is 17.1 Å². The van der Waals surface area contributed by atoms with Crippen molar-refractivity contribution in [3.63, 3.8) is 0 Å². The number of rotatable bonds is 5. The zero-order valence-corrected chi connectivity index (χ0v) is 12.6. The van der Waals surface area contributed by atoms with Crippen LogP contribution >= 0.6 is 27.3 Å². The Labute approximate surface area is 120 Å². The van der Waals surface area contributed by atoms with Crippen LogP contribution in [-0.4, -0.2) is 6.61 Å². The summed E-state index contributed by atoms with van der Waals surface area (Å²) >= 11 is 5.20. The lowest BCUT2D eigenvalue weighted by Crippen LogP contribution is -2.10. The van der Waals surface area contributed by atoms with Crippen molar-refractivity contribution in [2.75, 3.05) is 6.61 Å². The Hall–Kier alpha value is -0.840. The lowest BCUT2D eigenvalue weighted by atomic mass is 10.0. The van der Waals surface area contributed by atoms with Gasteiger partial charge in [0.25, 0.3) is 0 Å². The Kier molecular flexibility index (Phi) is 4.80. The molecule has 0 saturated heterocycles. The standard InChI is InChI=1S/C14H16BrNOS/c1-2-6-17-13-4-3-10(8-12(13)15)14(16)11-5-7-18-9-11/h3-5,7-9,14H,2,6,16H2,1H3. The monoisotopic (exact) mass is 325 g/mol. The largest absolute Gasteiger partial charge is 0.492 e. The van der Waals surface area contributed by atoms with E-state index in [2.05, 4.69) is 34.3 Å². The van der Waals surface area contributed by atoms with Crippen LogP contribution in [0, 0.1) is 0 Å². The van der Waals surface area contributed by atoms with E-state index in [0.29, 0.717) is 0 Å². The topological polar surface area (TPSA) is 35.2 Å². The summed E-state index contributed by atoms with van der Waals surface area (Å²) in [6, 6.07) is 8.02. The van der Waals surface area contributed by atoms with E-state index in [1.807, 2.05) is 23.6 Å². The molecule has 1 unspecified atom stereocenters. The maximum Gasteiger partial charge on any atom is 0.133 e. The van der Waals surface area contributed by atoms with Crippen molar-refractivity contribution in [2.24, 2.45) is 5.73 Å². The van der Waals surface area contributed by atoms with Crippen molar-refractivity contribution in [2.45, 2.75) is 19.4 Å². The molecule has 0 aliphatic carbocycles. The molecule has 2 rings (SSSR count). The third-order valence-electron chi connectivity index (χ3n) is 2.68. The van der Waals surface area contributed by atoms with Gasteiger partial charge in [0, 0.05) is 0 Å². The number of nitrogens with two attached hydrogens (primary N) is 1. The number of hydrogen-bond donors (Lipinski definition) is 1. The summed E-state index contributed by atoms with van der Waals surface area (Å²) in [7, 11) is 0. The number of ether oxygens (including phenoxy) is 1. The average molecular weight is 326 g/mol. The normalized spacial score (nSPS) is 12.4. The Morgan fingerprint density at radius 2 is 2.17 bits per heavy atom. The Morgan fingerprint density at radius 1 is 1.33 bits per heavy atom. The van der Waals surface area contributed by atoms with Gasteiger partial charge in [-0.3, -0.25) is 0 Å². The Bertz CT molecular complexity index is 499. The van der Waals surface area contributed by atoms with Gasteiger partial charge in [0.1, 0.15) is 5.75 Å². The Balaban J connectivity index is 2.18. The molecular formula is C14H16BrNOS. The van der Waals surface area contributed by atoms with Crippen LogP contribution in [0.5, 0.6) is 5.75 Å². The molecule has 1 heterocycles. The second-order valence-corrected chi connectivity index (χ2v) is 5.71. The van der Waals surface area contributed by atoms with Crippen LogP contribution < -0.4 is 10.5 Å². The first kappa shape index (κ1) is 13.6. The minimum absolute atomic E-state index is 0.0761. The maximum atomic E-state index is 6.22. The van der Waals surface area contributed by atoms with Gasteiger partial charge >= 0.3 is 0 Å². The molecular weight excluding hydrogens is 310 g/mol. The summed E-state index contributed by atoms with van der Waals surface area (Å²) in [5, 5.41) is 4.13. The summed E-state index contributed by atoms with van der Waals surface area (Å²) in [6.07, 6.45) is 1.00. The summed E-state index contributed by atoms with van der Waals surface area (Å²) in [6.45, 7) is 2.82. The van der Waals surface area contributed by atoms with Crippen LogP contribution in [0.4, 0.5) is 0 Å². The number of halogens is 1. The first-order chi connectivity index (χ1) is 8.72. The summed E-state index contributed by atoms with van der Waals surface area (Å²) < 4.78 is 6.58. The van der Waals surface area contributed by atoms with Crippen molar-refractivity contribution in [3.8, 4) is 5.75 Å². The van der Waals surface area contributed by atoms with Gasteiger partial charge in [-0.2, -0.15) is 11.3 Å². The molecule has 1 atom stereocenters. The molecule has 96 valence electrons. The summed E-state index contributed by atoms with van der Waals surface area (Å²) in [5.74, 6) is 0.873. The smallest absolute Gasteiger partial charge is 0.133 e. The zero-order chi connectivity index (χ0) is 13.0. The zero-order valence-electron chi connectivity index (χ0n) is 10.2. The highest BCUT2D eigenvalue weighted by Crippen LogP contribution is 2.30. The van der Waals surface area contributed by atoms with Crippen molar-refractivity contribution in [3.05, 3.63) is 50.6 Å². The average Bonchev–Trinajstić information content (AvgIpc) is 2.90. The minimum Gasteiger partial charge on any atom is -0.492 e. The molecule has 2 nitrogen and oxygen atoms in total. The predicted molar refractivity (Wildman–Crippen MR) is 80.3 cm³/mol. The van der Waals surface area contributed by atoms with Gasteiger partial charge in [0.15, 0.2) is 0 Å². The fourth-order valence-corrected chi connectivity index (χ4v) is 2.89. The molecule has 0 fully saturated rings. The molecule has 4 heteroatoms. The molecule has 2 N–H and O–H groups in total. The van der Waals surface area contributed by atoms with E-state index < -0.39 is 0 Å². The lowest BCUT2D eigenvalue weighted by molar-refractivity contribution is 0.315. The fraction of sp³-hybridized carbons (Fsp3) is 0.286. The Morgan fingerprint density at radius 3 is 2.78 bits per heavy atom. The summed E-state index contributed by atoms with van der Waals surface area (Å²) in [5.41, 5.74) is 8.46. The third kappa shape index (κ3) is 3.13. The molecule has 1 aromatic heterocycles. The number of thiophene rings is 1. The van der Waals surface area contributed by atoms with Crippen molar-refractivity contribution in [1.82, 2.24) is 0 Å². The highest BCUT2D eigenvalue weighted by Gasteiger charge is 2.11. The van der Waals surface area contributed by atoms with E-state index in [1.165, 1.54) is 0 Å². The molecule has 0 amide bonds. The molecule has 0 aliphatic rings. The molecule has 2 aromatic rings. The van der Waals surface area contributed by atoms with Crippen molar-refractivity contribution < 1.29 is 4.74 Å². The van der Waals surface area contributed by atoms with E-state index in [0.717, 1.165) is 34.4 Å². The van der Waals surface area contributed by atoms with Gasteiger partial charge in [-0.15, -0.1) is 0 Å². The highest BCUT2D eigenvalue weighted by molar-refractivity contribution is 9.10. The first-order valence-corrected chi connectivity index (χ1v) is 7.66. The SMILES string of the molecule is CCCOc1ccc(C(N)c2ccsc2)cc1Br. The second kappa shape index (κ2) is 6.36. The molecule has 0 saturated carbocycles. The van der Waals surface area contributed by atoms with Crippen LogP contribution in [0.1, 0.15) is 30.5 Å². The molecule has 0 spiro atoms. The highest BCUT2D eigenvalue weighted by atomic mass is 79.9. The van der Waals surface area contributed by atoms with Crippen LogP contribution in [-0.2, 0) is 0 Å². The van der Waals surface area contributed by atoms with E-state index in [1.54, 1.807) is 11.3 Å². The molecule has 1 aromatic carbocycles. The van der Waals surface area contributed by atoms with E-state index in [4.69, 9.17) is 10.5 Å². The lowest BCUT2D eigenvalue weighted by Gasteiger charge is -2.13. The number of benzene rings is 1. The van der Waals surface area contributed by atoms with Gasteiger partial charge in [0.2, 0.25) is 0 Å². The third-order valence-corrected chi connectivity index (χ3v) is 4.00. The van der Waals surface area contributed by atoms with Crippen LogP contribution in [0.25, 0.3) is 0 Å². The van der Waals surface area contributed by atoms with Gasteiger partial charge in [-0.05, 0) is 62.4 Å². The van der Waals surface area contributed by atoms with Gasteiger partial charge in [-0.1, -0.05) is 13.0 Å². The van der Waals surface area contributed by atoms with Crippen LogP contribution in [0.2, 0.25) is 0 Å². The maximum absolute atomic E-state index is 6.22. The minimum atomic E-state index is -0.0761. The van der Waals surface area contributed by atoms with E-state index in [9.17, 15) is 0 Å². The van der Waals surface area contributed by atoms with E-state index >= 15 is 0 Å². The molecule has 0 radical (unpaired) electrons. The first-order valence-electron chi connectivity index (χ1n) is 5.92.